The average molecular weight is 505 g/mol. The normalized spacial score (nSPS) is 16.2. The van der Waals surface area contributed by atoms with Gasteiger partial charge in [0.05, 0.1) is 5.57 Å². The summed E-state index contributed by atoms with van der Waals surface area (Å²) in [7, 11) is 0.909. The van der Waals surface area contributed by atoms with Gasteiger partial charge in [-0.25, -0.2) is 4.79 Å². The Morgan fingerprint density at radius 3 is 2.44 bits per heavy atom. The smallest absolute Gasteiger partial charge is 0.475 e. The third-order valence-corrected chi connectivity index (χ3v) is 3.97. The molecular weight excluding hydrogens is 490 g/mol. The Kier molecular flexibility index (Phi) is 8.12. The highest BCUT2D eigenvalue weighted by molar-refractivity contribution is 5.96. The standard InChI is InChI=1S/C17H15F6N2O9/c1-8-3-10(34-17(21,22)23)4-9-5-12(14(16(18,19)20)33-13(8)9)15(26)32-11(6-30-24-27)7-31-25(28)29-2/h3-5,11,14H,6-7H2,1-2H3/q+1. The largest absolute Gasteiger partial charge is 0.573 e. The van der Waals surface area contributed by atoms with E-state index in [1.165, 1.54) is 6.92 Å². The molecule has 1 aliphatic rings. The zero-order chi connectivity index (χ0) is 25.7. The molecule has 17 heteroatoms. The lowest BCUT2D eigenvalue weighted by Gasteiger charge is -2.29. The maximum Gasteiger partial charge on any atom is 0.573 e. The van der Waals surface area contributed by atoms with Gasteiger partial charge in [-0.15, -0.1) is 18.1 Å². The molecule has 2 atom stereocenters. The van der Waals surface area contributed by atoms with Gasteiger partial charge in [-0.2, -0.15) is 22.8 Å². The van der Waals surface area contributed by atoms with E-state index in [4.69, 9.17) is 9.47 Å². The second-order valence-corrected chi connectivity index (χ2v) is 6.45. The van der Waals surface area contributed by atoms with Crippen LogP contribution >= 0.6 is 0 Å². The maximum absolute atomic E-state index is 13.6. The van der Waals surface area contributed by atoms with E-state index in [1.807, 2.05) is 5.34 Å². The Morgan fingerprint density at radius 2 is 1.88 bits per heavy atom. The predicted molar refractivity (Wildman–Crippen MR) is 94.5 cm³/mol. The molecule has 2 unspecified atom stereocenters. The summed E-state index contributed by atoms with van der Waals surface area (Å²) in [6.07, 6.45) is -14.1. The highest BCUT2D eigenvalue weighted by Gasteiger charge is 2.49. The van der Waals surface area contributed by atoms with Crippen LogP contribution in [-0.2, 0) is 24.0 Å². The molecule has 0 amide bonds. The van der Waals surface area contributed by atoms with Crippen LogP contribution < -0.4 is 9.47 Å². The zero-order valence-electron chi connectivity index (χ0n) is 17.1. The molecule has 188 valence electrons. The first-order chi connectivity index (χ1) is 15.7. The Labute approximate surface area is 185 Å². The van der Waals surface area contributed by atoms with E-state index in [-0.39, 0.29) is 11.1 Å². The Balaban J connectivity index is 2.40. The minimum absolute atomic E-state index is 0.137. The number of alkyl halides is 6. The minimum atomic E-state index is -5.15. The van der Waals surface area contributed by atoms with E-state index in [1.54, 1.807) is 0 Å². The van der Waals surface area contributed by atoms with Crippen molar-refractivity contribution in [2.75, 3.05) is 20.3 Å². The fourth-order valence-electron chi connectivity index (χ4n) is 2.71. The van der Waals surface area contributed by atoms with Gasteiger partial charge >= 0.3 is 23.6 Å². The predicted octanol–water partition coefficient (Wildman–Crippen LogP) is 3.48. The molecule has 2 rings (SSSR count). The number of nitrogens with zero attached hydrogens (tertiary/aromatic N) is 2. The van der Waals surface area contributed by atoms with Crippen molar-refractivity contribution in [2.24, 2.45) is 5.34 Å². The Hall–Kier alpha value is -3.79. The third-order valence-electron chi connectivity index (χ3n) is 3.97. The summed E-state index contributed by atoms with van der Waals surface area (Å²) >= 11 is 0. The van der Waals surface area contributed by atoms with Gasteiger partial charge in [0.1, 0.15) is 16.4 Å². The summed E-state index contributed by atoms with van der Waals surface area (Å²) in [6, 6.07) is 1.52. The van der Waals surface area contributed by atoms with Crippen LogP contribution in [0.2, 0.25) is 0 Å². The number of ether oxygens (including phenoxy) is 3. The molecule has 0 bridgehead atoms. The summed E-state index contributed by atoms with van der Waals surface area (Å²) < 4.78 is 91.9. The van der Waals surface area contributed by atoms with Crippen LogP contribution in [0.3, 0.4) is 0 Å². The number of hydrogen-bond acceptors (Lipinski definition) is 10. The van der Waals surface area contributed by atoms with E-state index < -0.39 is 66.1 Å². The molecule has 1 aliphatic heterocycles. The summed E-state index contributed by atoms with van der Waals surface area (Å²) in [5.74, 6) is -2.87. The van der Waals surface area contributed by atoms with Gasteiger partial charge in [0.15, 0.2) is 25.2 Å². The van der Waals surface area contributed by atoms with Crippen molar-refractivity contribution in [1.29, 1.82) is 0 Å². The monoisotopic (exact) mass is 505 g/mol. The molecule has 1 aromatic carbocycles. The van der Waals surface area contributed by atoms with Gasteiger partial charge in [0.2, 0.25) is 12.7 Å². The van der Waals surface area contributed by atoms with Crippen LogP contribution in [0.15, 0.2) is 23.0 Å². The number of esters is 1. The fraction of sp³-hybridized carbons (Fsp3) is 0.471. The average Bonchev–Trinajstić information content (AvgIpc) is 2.72. The van der Waals surface area contributed by atoms with Crippen molar-refractivity contribution < 1.29 is 64.9 Å². The van der Waals surface area contributed by atoms with E-state index in [2.05, 4.69) is 19.2 Å². The van der Waals surface area contributed by atoms with Crippen molar-refractivity contribution in [3.8, 4) is 11.5 Å². The number of aryl methyl sites for hydroxylation is 1. The second-order valence-electron chi connectivity index (χ2n) is 6.45. The van der Waals surface area contributed by atoms with Crippen LogP contribution in [0.25, 0.3) is 6.08 Å². The number of hydrogen-bond donors (Lipinski definition) is 0. The van der Waals surface area contributed by atoms with Crippen LogP contribution in [0, 0.1) is 16.7 Å². The zero-order valence-corrected chi connectivity index (χ0v) is 17.1. The highest BCUT2D eigenvalue weighted by Crippen LogP contribution is 2.41. The second kappa shape index (κ2) is 10.4. The lowest BCUT2D eigenvalue weighted by Crippen LogP contribution is -2.42. The highest BCUT2D eigenvalue weighted by atomic mass is 19.4. The molecule has 1 aromatic rings. The number of carbonyl (C=O) groups excluding carboxylic acids is 1. The first-order valence-electron chi connectivity index (χ1n) is 8.90. The summed E-state index contributed by atoms with van der Waals surface area (Å²) in [5, 5.41) is 1.60. The van der Waals surface area contributed by atoms with Crippen molar-refractivity contribution in [1.82, 2.24) is 0 Å². The maximum atomic E-state index is 13.6. The van der Waals surface area contributed by atoms with Crippen LogP contribution in [0.4, 0.5) is 26.3 Å². The molecule has 11 nitrogen and oxygen atoms in total. The molecule has 34 heavy (non-hydrogen) atoms. The number of rotatable bonds is 10. The van der Waals surface area contributed by atoms with E-state index >= 15 is 0 Å². The summed E-state index contributed by atoms with van der Waals surface area (Å²) in [5.41, 5.74) is -1.63. The minimum Gasteiger partial charge on any atom is -0.475 e. The molecule has 0 aromatic heterocycles. The Bertz CT molecular complexity index is 964. The molecule has 1 heterocycles. The van der Waals surface area contributed by atoms with Gasteiger partial charge in [-0.3, -0.25) is 0 Å². The van der Waals surface area contributed by atoms with Crippen molar-refractivity contribution in [3.63, 3.8) is 0 Å². The molecule has 0 fully saturated rings. The molecule has 0 saturated heterocycles. The first-order valence-corrected chi connectivity index (χ1v) is 8.90. The van der Waals surface area contributed by atoms with E-state index in [0.717, 1.165) is 13.2 Å². The van der Waals surface area contributed by atoms with Crippen LogP contribution in [0.5, 0.6) is 11.5 Å². The quantitative estimate of drug-likeness (QED) is 0.204. The number of benzene rings is 1. The molecule has 0 saturated carbocycles. The van der Waals surface area contributed by atoms with Crippen molar-refractivity contribution >= 4 is 12.0 Å². The molecule has 0 radical (unpaired) electrons. The third kappa shape index (κ3) is 7.11. The van der Waals surface area contributed by atoms with E-state index in [9.17, 15) is 41.0 Å². The number of halogens is 6. The van der Waals surface area contributed by atoms with Gasteiger partial charge in [-0.05, 0) is 30.7 Å². The van der Waals surface area contributed by atoms with Gasteiger partial charge in [0, 0.05) is 5.56 Å². The van der Waals surface area contributed by atoms with E-state index in [0.29, 0.717) is 12.1 Å². The summed E-state index contributed by atoms with van der Waals surface area (Å²) in [6.45, 7) is -0.478. The summed E-state index contributed by atoms with van der Waals surface area (Å²) in [4.78, 5) is 46.3. The van der Waals surface area contributed by atoms with Gasteiger partial charge in [0.25, 0.3) is 0 Å². The van der Waals surface area contributed by atoms with Crippen molar-refractivity contribution in [3.05, 3.63) is 38.6 Å². The first kappa shape index (κ1) is 26.5. The lowest BCUT2D eigenvalue weighted by molar-refractivity contribution is -0.977. The topological polar surface area (TPSA) is 122 Å². The molecule has 0 spiro atoms. The molecular formula is C17H15F6N2O9+. The van der Waals surface area contributed by atoms with Crippen LogP contribution in [0.1, 0.15) is 11.1 Å². The van der Waals surface area contributed by atoms with Gasteiger partial charge in [-0.1, -0.05) is 0 Å². The molecule has 0 N–H and O–H groups in total. The Morgan fingerprint density at radius 1 is 1.21 bits per heavy atom. The number of carbonyl (C=O) groups is 1. The van der Waals surface area contributed by atoms with Crippen LogP contribution in [-0.4, -0.2) is 56.1 Å². The SMILES string of the molecule is CO[N+](=O)OCC(CON=O)OC(=O)C1=Cc2cc(OC(F)(F)F)cc(C)c2OC1C(F)(F)F. The fourth-order valence-corrected chi connectivity index (χ4v) is 2.71. The van der Waals surface area contributed by atoms with Crippen molar-refractivity contribution in [2.45, 2.75) is 31.7 Å². The lowest BCUT2D eigenvalue weighted by atomic mass is 9.98. The number of fused-ring (bicyclic) bond motifs is 1. The molecule has 0 aliphatic carbocycles. The van der Waals surface area contributed by atoms with Gasteiger partial charge < -0.3 is 19.0 Å².